The molecular formula is C14H20N2O. The Bertz CT molecular complexity index is 391. The van der Waals surface area contributed by atoms with Gasteiger partial charge in [-0.15, -0.1) is 0 Å². The van der Waals surface area contributed by atoms with Crippen LogP contribution in [-0.4, -0.2) is 12.1 Å². The second-order valence-corrected chi connectivity index (χ2v) is 4.37. The van der Waals surface area contributed by atoms with Crippen molar-refractivity contribution in [3.8, 4) is 6.07 Å². The number of benzene rings is 1. The predicted octanol–water partition coefficient (Wildman–Crippen LogP) is 2.59. The second kappa shape index (κ2) is 6.39. The maximum atomic E-state index is 8.78. The molecule has 0 amide bonds. The fraction of sp³-hybridized carbons (Fsp3) is 0.500. The zero-order chi connectivity index (χ0) is 12.7. The lowest BCUT2D eigenvalue weighted by atomic mass is 9.96. The van der Waals surface area contributed by atoms with E-state index in [0.717, 1.165) is 18.4 Å². The molecule has 0 fully saturated rings. The van der Waals surface area contributed by atoms with Crippen LogP contribution in [0, 0.1) is 11.3 Å². The van der Waals surface area contributed by atoms with Gasteiger partial charge >= 0.3 is 0 Å². The van der Waals surface area contributed by atoms with Crippen LogP contribution < -0.4 is 5.73 Å². The second-order valence-electron chi connectivity index (χ2n) is 4.37. The van der Waals surface area contributed by atoms with Crippen LogP contribution in [0.15, 0.2) is 24.3 Å². The lowest BCUT2D eigenvalue weighted by molar-refractivity contribution is 0.0696. The van der Waals surface area contributed by atoms with Crippen LogP contribution in [-0.2, 0) is 11.3 Å². The highest BCUT2D eigenvalue weighted by atomic mass is 16.5. The van der Waals surface area contributed by atoms with Crippen LogP contribution >= 0.6 is 0 Å². The van der Waals surface area contributed by atoms with E-state index in [4.69, 9.17) is 15.7 Å². The Labute approximate surface area is 103 Å². The number of nitrogens with zero attached hydrogens (tertiary/aromatic N) is 1. The molecule has 2 N–H and O–H groups in total. The van der Waals surface area contributed by atoms with Gasteiger partial charge < -0.3 is 10.5 Å². The average molecular weight is 232 g/mol. The molecule has 0 saturated carbocycles. The van der Waals surface area contributed by atoms with E-state index < -0.39 is 0 Å². The average Bonchev–Trinajstić information content (AvgIpc) is 2.39. The van der Waals surface area contributed by atoms with Crippen molar-refractivity contribution in [2.24, 2.45) is 5.73 Å². The Morgan fingerprint density at radius 3 is 2.65 bits per heavy atom. The molecule has 0 unspecified atom stereocenters. The summed E-state index contributed by atoms with van der Waals surface area (Å²) in [6, 6.07) is 9.57. The molecule has 0 radical (unpaired) electrons. The van der Waals surface area contributed by atoms with Crippen molar-refractivity contribution in [2.75, 3.05) is 6.61 Å². The molecule has 17 heavy (non-hydrogen) atoms. The van der Waals surface area contributed by atoms with Crippen LogP contribution in [0.2, 0.25) is 0 Å². The zero-order valence-corrected chi connectivity index (χ0v) is 10.6. The molecule has 0 aliphatic heterocycles. The maximum absolute atomic E-state index is 8.78. The van der Waals surface area contributed by atoms with Crippen molar-refractivity contribution >= 4 is 0 Å². The number of ether oxygens (including phenoxy) is 1. The van der Waals surface area contributed by atoms with Gasteiger partial charge in [-0.3, -0.25) is 0 Å². The van der Waals surface area contributed by atoms with E-state index in [1.807, 2.05) is 18.2 Å². The number of hydrogen-bond donors (Lipinski definition) is 1. The van der Waals surface area contributed by atoms with Crippen LogP contribution in [0.1, 0.15) is 37.8 Å². The fourth-order valence-electron chi connectivity index (χ4n) is 1.56. The topological polar surface area (TPSA) is 59.0 Å². The first-order chi connectivity index (χ1) is 8.13. The summed E-state index contributed by atoms with van der Waals surface area (Å²) in [4.78, 5) is 0. The van der Waals surface area contributed by atoms with E-state index in [-0.39, 0.29) is 5.54 Å². The Morgan fingerprint density at radius 2 is 2.06 bits per heavy atom. The van der Waals surface area contributed by atoms with E-state index in [1.54, 1.807) is 6.07 Å². The molecule has 0 heterocycles. The summed E-state index contributed by atoms with van der Waals surface area (Å²) in [5.41, 5.74) is 7.59. The molecule has 3 heteroatoms. The number of nitriles is 1. The molecule has 0 bridgehead atoms. The number of nitrogens with two attached hydrogens (primary N) is 1. The third-order valence-corrected chi connectivity index (χ3v) is 3.12. The van der Waals surface area contributed by atoms with Crippen molar-refractivity contribution in [2.45, 2.75) is 38.8 Å². The predicted molar refractivity (Wildman–Crippen MR) is 68.3 cm³/mol. The van der Waals surface area contributed by atoms with E-state index in [0.29, 0.717) is 18.8 Å². The number of rotatable bonds is 6. The van der Waals surface area contributed by atoms with Gasteiger partial charge in [0.25, 0.3) is 0 Å². The minimum Gasteiger partial charge on any atom is -0.375 e. The smallest absolute Gasteiger partial charge is 0.0991 e. The SMILES string of the molecule is CCC(N)(CC)COCc1cccc(C#N)c1. The van der Waals surface area contributed by atoms with Crippen molar-refractivity contribution in [1.29, 1.82) is 5.26 Å². The third kappa shape index (κ3) is 4.18. The molecule has 0 aromatic heterocycles. The van der Waals surface area contributed by atoms with E-state index in [9.17, 15) is 0 Å². The third-order valence-electron chi connectivity index (χ3n) is 3.12. The first kappa shape index (κ1) is 13.7. The quantitative estimate of drug-likeness (QED) is 0.820. The van der Waals surface area contributed by atoms with Crippen LogP contribution in [0.3, 0.4) is 0 Å². The van der Waals surface area contributed by atoms with Crippen molar-refractivity contribution in [3.63, 3.8) is 0 Å². The largest absolute Gasteiger partial charge is 0.375 e. The van der Waals surface area contributed by atoms with Crippen molar-refractivity contribution in [1.82, 2.24) is 0 Å². The van der Waals surface area contributed by atoms with E-state index in [1.165, 1.54) is 0 Å². The molecule has 1 aromatic carbocycles. The van der Waals surface area contributed by atoms with Gasteiger partial charge in [-0.05, 0) is 30.5 Å². The van der Waals surface area contributed by atoms with Gasteiger partial charge in [-0.25, -0.2) is 0 Å². The molecule has 0 aliphatic rings. The fourth-order valence-corrected chi connectivity index (χ4v) is 1.56. The highest BCUT2D eigenvalue weighted by molar-refractivity contribution is 5.32. The molecule has 1 rings (SSSR count). The van der Waals surface area contributed by atoms with Gasteiger partial charge in [0.2, 0.25) is 0 Å². The van der Waals surface area contributed by atoms with Crippen LogP contribution in [0.4, 0.5) is 0 Å². The summed E-state index contributed by atoms with van der Waals surface area (Å²) in [5.74, 6) is 0. The summed E-state index contributed by atoms with van der Waals surface area (Å²) in [6.45, 7) is 5.21. The van der Waals surface area contributed by atoms with E-state index >= 15 is 0 Å². The Balaban J connectivity index is 2.48. The zero-order valence-electron chi connectivity index (χ0n) is 10.6. The summed E-state index contributed by atoms with van der Waals surface area (Å²) in [6.07, 6.45) is 1.81. The van der Waals surface area contributed by atoms with Gasteiger partial charge in [0.05, 0.1) is 24.8 Å². The van der Waals surface area contributed by atoms with Gasteiger partial charge in [-0.1, -0.05) is 26.0 Å². The van der Waals surface area contributed by atoms with Crippen LogP contribution in [0.5, 0.6) is 0 Å². The van der Waals surface area contributed by atoms with Gasteiger partial charge in [0, 0.05) is 5.54 Å². The molecule has 0 aliphatic carbocycles. The summed E-state index contributed by atoms with van der Waals surface area (Å²) in [5, 5.41) is 8.78. The molecule has 0 atom stereocenters. The molecule has 92 valence electrons. The Morgan fingerprint density at radius 1 is 1.35 bits per heavy atom. The number of hydrogen-bond acceptors (Lipinski definition) is 3. The first-order valence-electron chi connectivity index (χ1n) is 5.99. The van der Waals surface area contributed by atoms with Gasteiger partial charge in [0.15, 0.2) is 0 Å². The normalized spacial score (nSPS) is 11.2. The lowest BCUT2D eigenvalue weighted by Crippen LogP contribution is -2.43. The first-order valence-corrected chi connectivity index (χ1v) is 5.99. The standard InChI is InChI=1S/C14H20N2O/c1-3-14(16,4-2)11-17-10-13-7-5-6-12(8-13)9-15/h5-8H,3-4,10-11,16H2,1-2H3. The van der Waals surface area contributed by atoms with Gasteiger partial charge in [0.1, 0.15) is 0 Å². The highest BCUT2D eigenvalue weighted by Gasteiger charge is 2.20. The molecule has 1 aromatic rings. The Kier molecular flexibility index (Phi) is 5.14. The lowest BCUT2D eigenvalue weighted by Gasteiger charge is -2.26. The maximum Gasteiger partial charge on any atom is 0.0991 e. The van der Waals surface area contributed by atoms with Crippen LogP contribution in [0.25, 0.3) is 0 Å². The van der Waals surface area contributed by atoms with E-state index in [2.05, 4.69) is 19.9 Å². The Hall–Kier alpha value is -1.37. The molecule has 3 nitrogen and oxygen atoms in total. The van der Waals surface area contributed by atoms with Crippen molar-refractivity contribution in [3.05, 3.63) is 35.4 Å². The minimum atomic E-state index is -0.229. The highest BCUT2D eigenvalue weighted by Crippen LogP contribution is 2.13. The van der Waals surface area contributed by atoms with Crippen molar-refractivity contribution < 1.29 is 4.74 Å². The molecule has 0 spiro atoms. The minimum absolute atomic E-state index is 0.229. The molecule has 0 saturated heterocycles. The monoisotopic (exact) mass is 232 g/mol. The van der Waals surface area contributed by atoms with Gasteiger partial charge in [-0.2, -0.15) is 5.26 Å². The summed E-state index contributed by atoms with van der Waals surface area (Å²) >= 11 is 0. The summed E-state index contributed by atoms with van der Waals surface area (Å²) in [7, 11) is 0. The molecular weight excluding hydrogens is 212 g/mol. The summed E-state index contributed by atoms with van der Waals surface area (Å²) < 4.78 is 5.63.